The Hall–Kier alpha value is -1.24. The highest BCUT2D eigenvalue weighted by Gasteiger charge is 2.20. The van der Waals surface area contributed by atoms with Crippen LogP contribution in [-0.2, 0) is 11.3 Å². The molecule has 0 saturated heterocycles. The highest BCUT2D eigenvalue weighted by Crippen LogP contribution is 2.25. The predicted molar refractivity (Wildman–Crippen MR) is 77.2 cm³/mol. The van der Waals surface area contributed by atoms with Gasteiger partial charge in [0.1, 0.15) is 11.9 Å². The molecule has 19 heavy (non-hydrogen) atoms. The molecule has 0 aliphatic rings. The summed E-state index contributed by atoms with van der Waals surface area (Å²) in [7, 11) is 0. The van der Waals surface area contributed by atoms with Gasteiger partial charge >= 0.3 is 0 Å². The molecule has 100 valence electrons. The first kappa shape index (κ1) is 14.2. The van der Waals surface area contributed by atoms with Gasteiger partial charge in [-0.25, -0.2) is 4.39 Å². The zero-order valence-electron chi connectivity index (χ0n) is 9.90. The largest absolute Gasteiger partial charge is 0.368 e. The molecule has 3 N–H and O–H groups in total. The van der Waals surface area contributed by atoms with Crippen LogP contribution in [0.2, 0.25) is 0 Å². The quantitative estimate of drug-likeness (QED) is 0.877. The SMILES string of the molecule is NC(=O)C(NCc1cccs1)c1ccc(F)cc1Br. The summed E-state index contributed by atoms with van der Waals surface area (Å²) in [6.07, 6.45) is 0. The van der Waals surface area contributed by atoms with Crippen LogP contribution >= 0.6 is 27.3 Å². The number of thiophene rings is 1. The Morgan fingerprint density at radius 1 is 1.47 bits per heavy atom. The van der Waals surface area contributed by atoms with Gasteiger partial charge in [0.25, 0.3) is 0 Å². The lowest BCUT2D eigenvalue weighted by Gasteiger charge is -2.17. The Labute approximate surface area is 122 Å². The maximum Gasteiger partial charge on any atom is 0.239 e. The molecule has 0 aliphatic carbocycles. The highest BCUT2D eigenvalue weighted by atomic mass is 79.9. The van der Waals surface area contributed by atoms with Crippen molar-refractivity contribution in [3.05, 3.63) is 56.4 Å². The number of carbonyl (C=O) groups excluding carboxylic acids is 1. The summed E-state index contributed by atoms with van der Waals surface area (Å²) in [6, 6.07) is 7.43. The number of primary amides is 1. The molecule has 3 nitrogen and oxygen atoms in total. The van der Waals surface area contributed by atoms with Crippen LogP contribution < -0.4 is 11.1 Å². The number of rotatable bonds is 5. The van der Waals surface area contributed by atoms with Gasteiger partial charge in [0, 0.05) is 15.9 Å². The smallest absolute Gasteiger partial charge is 0.239 e. The Morgan fingerprint density at radius 2 is 2.26 bits per heavy atom. The maximum atomic E-state index is 13.1. The summed E-state index contributed by atoms with van der Waals surface area (Å²) < 4.78 is 13.6. The van der Waals surface area contributed by atoms with Crippen molar-refractivity contribution in [2.75, 3.05) is 0 Å². The lowest BCUT2D eigenvalue weighted by atomic mass is 10.1. The first-order valence-electron chi connectivity index (χ1n) is 5.58. The van der Waals surface area contributed by atoms with Crippen LogP contribution in [0.1, 0.15) is 16.5 Å². The van der Waals surface area contributed by atoms with Crippen molar-refractivity contribution in [3.8, 4) is 0 Å². The Kier molecular flexibility index (Phi) is 4.68. The molecule has 2 rings (SSSR count). The number of hydrogen-bond acceptors (Lipinski definition) is 3. The van der Waals surface area contributed by atoms with Crippen LogP contribution in [0.3, 0.4) is 0 Å². The lowest BCUT2D eigenvalue weighted by molar-refractivity contribution is -0.120. The third-order valence-electron chi connectivity index (χ3n) is 2.62. The number of carbonyl (C=O) groups is 1. The van der Waals surface area contributed by atoms with Crippen molar-refractivity contribution in [2.24, 2.45) is 5.73 Å². The molecule has 1 atom stereocenters. The van der Waals surface area contributed by atoms with Crippen molar-refractivity contribution >= 4 is 33.2 Å². The minimum atomic E-state index is -0.655. The molecule has 1 amide bonds. The number of nitrogens with one attached hydrogen (secondary N) is 1. The van der Waals surface area contributed by atoms with E-state index in [9.17, 15) is 9.18 Å². The van der Waals surface area contributed by atoms with Crippen molar-refractivity contribution in [3.63, 3.8) is 0 Å². The van der Waals surface area contributed by atoms with E-state index in [1.54, 1.807) is 17.4 Å². The summed E-state index contributed by atoms with van der Waals surface area (Å²) in [4.78, 5) is 12.6. The van der Waals surface area contributed by atoms with E-state index >= 15 is 0 Å². The predicted octanol–water partition coefficient (Wildman–Crippen LogP) is 2.97. The first-order chi connectivity index (χ1) is 9.08. The van der Waals surface area contributed by atoms with Crippen LogP contribution in [0.15, 0.2) is 40.2 Å². The molecule has 0 radical (unpaired) electrons. The monoisotopic (exact) mass is 342 g/mol. The van der Waals surface area contributed by atoms with E-state index in [1.165, 1.54) is 12.1 Å². The van der Waals surface area contributed by atoms with Gasteiger partial charge in [0.15, 0.2) is 0 Å². The highest BCUT2D eigenvalue weighted by molar-refractivity contribution is 9.10. The van der Waals surface area contributed by atoms with Crippen molar-refractivity contribution in [1.82, 2.24) is 5.32 Å². The molecule has 0 aliphatic heterocycles. The lowest BCUT2D eigenvalue weighted by Crippen LogP contribution is -2.33. The number of amides is 1. The summed E-state index contributed by atoms with van der Waals surface area (Å²) in [5.74, 6) is -0.860. The molecule has 2 aromatic rings. The number of benzene rings is 1. The average Bonchev–Trinajstić information content (AvgIpc) is 2.84. The summed E-state index contributed by atoms with van der Waals surface area (Å²) in [6.45, 7) is 0.537. The Bertz CT molecular complexity index is 574. The molecule has 0 saturated carbocycles. The maximum absolute atomic E-state index is 13.1. The van der Waals surface area contributed by atoms with E-state index in [-0.39, 0.29) is 5.82 Å². The second kappa shape index (κ2) is 6.27. The zero-order valence-corrected chi connectivity index (χ0v) is 12.3. The molecule has 6 heteroatoms. The van der Waals surface area contributed by atoms with Gasteiger partial charge in [-0.3, -0.25) is 10.1 Å². The van der Waals surface area contributed by atoms with Crippen molar-refractivity contribution < 1.29 is 9.18 Å². The van der Waals surface area contributed by atoms with Gasteiger partial charge in [-0.1, -0.05) is 28.1 Å². The Morgan fingerprint density at radius 3 is 2.84 bits per heavy atom. The molecule has 0 spiro atoms. The van der Waals surface area contributed by atoms with Crippen molar-refractivity contribution in [2.45, 2.75) is 12.6 Å². The standard InChI is InChI=1S/C13H12BrFN2OS/c14-11-6-8(15)3-4-10(11)12(13(16)18)17-7-9-2-1-5-19-9/h1-6,12,17H,7H2,(H2,16,18). The van der Waals surface area contributed by atoms with Gasteiger partial charge in [-0.15, -0.1) is 11.3 Å². The molecular weight excluding hydrogens is 331 g/mol. The second-order valence-electron chi connectivity index (χ2n) is 3.96. The van der Waals surface area contributed by atoms with Crippen LogP contribution in [0.4, 0.5) is 4.39 Å². The molecule has 1 aromatic carbocycles. The van der Waals surface area contributed by atoms with Gasteiger partial charge in [0.2, 0.25) is 5.91 Å². The molecule has 0 fully saturated rings. The fourth-order valence-corrected chi connectivity index (χ4v) is 2.95. The van der Waals surface area contributed by atoms with E-state index in [2.05, 4.69) is 21.2 Å². The third kappa shape index (κ3) is 3.62. The van der Waals surface area contributed by atoms with Crippen molar-refractivity contribution in [1.29, 1.82) is 0 Å². The minimum Gasteiger partial charge on any atom is -0.368 e. The van der Waals surface area contributed by atoms with E-state index in [0.717, 1.165) is 4.88 Å². The number of nitrogens with two attached hydrogens (primary N) is 1. The molecular formula is C13H12BrFN2OS. The van der Waals surface area contributed by atoms with Gasteiger partial charge in [0.05, 0.1) is 0 Å². The van der Waals surface area contributed by atoms with E-state index in [1.807, 2.05) is 17.5 Å². The Balaban J connectivity index is 2.17. The first-order valence-corrected chi connectivity index (χ1v) is 7.25. The third-order valence-corrected chi connectivity index (χ3v) is 4.18. The zero-order chi connectivity index (χ0) is 13.8. The van der Waals surface area contributed by atoms with E-state index < -0.39 is 11.9 Å². The van der Waals surface area contributed by atoms with Gasteiger partial charge < -0.3 is 5.73 Å². The summed E-state index contributed by atoms with van der Waals surface area (Å²) in [5, 5.41) is 5.04. The van der Waals surface area contributed by atoms with Crippen LogP contribution in [0.5, 0.6) is 0 Å². The molecule has 1 unspecified atom stereocenters. The van der Waals surface area contributed by atoms with E-state index in [0.29, 0.717) is 16.6 Å². The van der Waals surface area contributed by atoms with Crippen LogP contribution in [-0.4, -0.2) is 5.91 Å². The summed E-state index contributed by atoms with van der Waals surface area (Å²) in [5.41, 5.74) is 6.03. The van der Waals surface area contributed by atoms with E-state index in [4.69, 9.17) is 5.73 Å². The topological polar surface area (TPSA) is 55.1 Å². The molecule has 0 bridgehead atoms. The number of halogens is 2. The van der Waals surface area contributed by atoms with Gasteiger partial charge in [-0.05, 0) is 29.1 Å². The number of hydrogen-bond donors (Lipinski definition) is 2. The van der Waals surface area contributed by atoms with Gasteiger partial charge in [-0.2, -0.15) is 0 Å². The normalized spacial score (nSPS) is 12.3. The minimum absolute atomic E-state index is 0.364. The van der Waals surface area contributed by atoms with Crippen LogP contribution in [0, 0.1) is 5.82 Å². The molecule has 1 aromatic heterocycles. The molecule has 1 heterocycles. The van der Waals surface area contributed by atoms with Crippen LogP contribution in [0.25, 0.3) is 0 Å². The average molecular weight is 343 g/mol. The fourth-order valence-electron chi connectivity index (χ4n) is 1.72. The second-order valence-corrected chi connectivity index (χ2v) is 5.85. The fraction of sp³-hybridized carbons (Fsp3) is 0.154. The summed E-state index contributed by atoms with van der Waals surface area (Å²) >= 11 is 4.84.